The van der Waals surface area contributed by atoms with Gasteiger partial charge in [0.15, 0.2) is 0 Å². The fourth-order valence-corrected chi connectivity index (χ4v) is 6.44. The zero-order chi connectivity index (χ0) is 23.1. The molecule has 0 radical (unpaired) electrons. The average Bonchev–Trinajstić information content (AvgIpc) is 3.18. The molecule has 4 rings (SSSR count). The van der Waals surface area contributed by atoms with E-state index in [9.17, 15) is 16.8 Å². The predicted octanol–water partition coefficient (Wildman–Crippen LogP) is 4.55. The maximum atomic E-state index is 13.1. The van der Waals surface area contributed by atoms with E-state index in [0.717, 1.165) is 5.56 Å². The highest BCUT2D eigenvalue weighted by Crippen LogP contribution is 2.36. The zero-order valence-corrected chi connectivity index (χ0v) is 19.9. The Morgan fingerprint density at radius 3 is 2.25 bits per heavy atom. The average molecular weight is 513 g/mol. The van der Waals surface area contributed by atoms with Crippen LogP contribution < -0.4 is 13.8 Å². The smallest absolute Gasteiger partial charge is 0.264 e. The van der Waals surface area contributed by atoms with Crippen LogP contribution in [-0.4, -0.2) is 30.5 Å². The van der Waals surface area contributed by atoms with Gasteiger partial charge in [0.2, 0.25) is 0 Å². The maximum Gasteiger partial charge on any atom is 0.264 e. The fraction of sp³-hybridized carbons (Fsp3) is 0.143. The largest absolute Gasteiger partial charge is 0.495 e. The van der Waals surface area contributed by atoms with Crippen LogP contribution in [0.15, 0.2) is 70.5 Å². The Labute approximate surface area is 196 Å². The minimum atomic E-state index is -3.96. The molecule has 0 atom stereocenters. The van der Waals surface area contributed by atoms with Crippen LogP contribution >= 0.6 is 23.2 Å². The Balaban J connectivity index is 1.65. The molecule has 1 aliphatic rings. The lowest BCUT2D eigenvalue weighted by Crippen LogP contribution is -2.29. The van der Waals surface area contributed by atoms with Gasteiger partial charge in [-0.15, -0.1) is 0 Å². The normalized spacial score (nSPS) is 13.7. The summed E-state index contributed by atoms with van der Waals surface area (Å²) in [5.41, 5.74) is 1.46. The van der Waals surface area contributed by atoms with Gasteiger partial charge in [-0.3, -0.25) is 9.03 Å². The molecule has 3 aromatic rings. The number of nitrogens with zero attached hydrogens (tertiary/aromatic N) is 1. The van der Waals surface area contributed by atoms with Crippen molar-refractivity contribution < 1.29 is 21.6 Å². The molecule has 0 aromatic heterocycles. The molecule has 0 saturated carbocycles. The standard InChI is InChI=1S/C21H18Cl2N2O5S2/c1-30-21-9-8-18(13-19(21)23)31(26,27)24-16-5-2-14-10-11-25(20(14)12-16)32(28,29)17-6-3-15(22)4-7-17/h2-9,12-13,24H,10-11H2,1H3. The summed E-state index contributed by atoms with van der Waals surface area (Å²) < 4.78 is 60.7. The Kier molecular flexibility index (Phi) is 6.02. The third-order valence-electron chi connectivity index (χ3n) is 5.03. The van der Waals surface area contributed by atoms with Gasteiger partial charge < -0.3 is 4.74 Å². The Hall–Kier alpha value is -2.46. The molecule has 32 heavy (non-hydrogen) atoms. The fourth-order valence-electron chi connectivity index (χ4n) is 3.43. The lowest BCUT2D eigenvalue weighted by Gasteiger charge is -2.20. The predicted molar refractivity (Wildman–Crippen MR) is 125 cm³/mol. The summed E-state index contributed by atoms with van der Waals surface area (Å²) in [6.07, 6.45) is 0.517. The van der Waals surface area contributed by atoms with E-state index in [1.54, 1.807) is 12.1 Å². The molecule has 168 valence electrons. The minimum Gasteiger partial charge on any atom is -0.495 e. The second-order valence-corrected chi connectivity index (χ2v) is 11.4. The van der Waals surface area contributed by atoms with Crippen LogP contribution in [0.5, 0.6) is 5.75 Å². The summed E-state index contributed by atoms with van der Waals surface area (Å²) in [6.45, 7) is 0.255. The minimum absolute atomic E-state index is 0.0468. The van der Waals surface area contributed by atoms with Gasteiger partial charge in [-0.05, 0) is 66.6 Å². The molecule has 1 aliphatic heterocycles. The maximum absolute atomic E-state index is 13.1. The molecule has 3 aromatic carbocycles. The highest BCUT2D eigenvalue weighted by Gasteiger charge is 2.31. The van der Waals surface area contributed by atoms with E-state index >= 15 is 0 Å². The van der Waals surface area contributed by atoms with Crippen molar-refractivity contribution >= 4 is 54.6 Å². The number of fused-ring (bicyclic) bond motifs is 1. The number of benzene rings is 3. The van der Waals surface area contributed by atoms with E-state index in [0.29, 0.717) is 22.9 Å². The van der Waals surface area contributed by atoms with Gasteiger partial charge in [-0.1, -0.05) is 29.3 Å². The van der Waals surface area contributed by atoms with Crippen molar-refractivity contribution in [2.45, 2.75) is 16.2 Å². The first-order chi connectivity index (χ1) is 15.1. The Morgan fingerprint density at radius 1 is 0.906 bits per heavy atom. The van der Waals surface area contributed by atoms with E-state index in [1.165, 1.54) is 59.9 Å². The van der Waals surface area contributed by atoms with Crippen LogP contribution in [0, 0.1) is 0 Å². The van der Waals surface area contributed by atoms with Crippen molar-refractivity contribution in [1.82, 2.24) is 0 Å². The van der Waals surface area contributed by atoms with E-state index in [4.69, 9.17) is 27.9 Å². The van der Waals surface area contributed by atoms with Crippen molar-refractivity contribution in [2.24, 2.45) is 0 Å². The van der Waals surface area contributed by atoms with Crippen molar-refractivity contribution in [3.63, 3.8) is 0 Å². The molecule has 0 spiro atoms. The van der Waals surface area contributed by atoms with Gasteiger partial charge in [0.05, 0.1) is 33.3 Å². The van der Waals surface area contributed by atoms with Crippen molar-refractivity contribution in [3.8, 4) is 5.75 Å². The zero-order valence-electron chi connectivity index (χ0n) is 16.7. The van der Waals surface area contributed by atoms with Gasteiger partial charge in [-0.25, -0.2) is 16.8 Å². The van der Waals surface area contributed by atoms with Crippen LogP contribution in [0.2, 0.25) is 10.0 Å². The van der Waals surface area contributed by atoms with Crippen LogP contribution in [0.25, 0.3) is 0 Å². The Morgan fingerprint density at radius 2 is 1.59 bits per heavy atom. The van der Waals surface area contributed by atoms with Crippen LogP contribution in [0.4, 0.5) is 11.4 Å². The molecular weight excluding hydrogens is 495 g/mol. The number of halogens is 2. The number of anilines is 2. The summed E-state index contributed by atoms with van der Waals surface area (Å²) in [6, 6.07) is 14.8. The highest BCUT2D eigenvalue weighted by atomic mass is 35.5. The quantitative estimate of drug-likeness (QED) is 0.522. The van der Waals surface area contributed by atoms with E-state index in [-0.39, 0.29) is 27.0 Å². The van der Waals surface area contributed by atoms with Gasteiger partial charge in [0.1, 0.15) is 5.75 Å². The third kappa shape index (κ3) is 4.25. The van der Waals surface area contributed by atoms with Gasteiger partial charge in [0, 0.05) is 11.6 Å². The lowest BCUT2D eigenvalue weighted by molar-refractivity contribution is 0.414. The molecule has 0 aliphatic carbocycles. The van der Waals surface area contributed by atoms with Crippen LogP contribution in [0.3, 0.4) is 0 Å². The van der Waals surface area contributed by atoms with E-state index in [2.05, 4.69) is 4.72 Å². The molecule has 0 saturated heterocycles. The molecule has 0 unspecified atom stereocenters. The summed E-state index contributed by atoms with van der Waals surface area (Å²) in [7, 11) is -6.36. The molecule has 1 heterocycles. The number of sulfonamides is 2. The number of rotatable bonds is 6. The van der Waals surface area contributed by atoms with Crippen LogP contribution in [0.1, 0.15) is 5.56 Å². The lowest BCUT2D eigenvalue weighted by atomic mass is 10.1. The van der Waals surface area contributed by atoms with E-state index < -0.39 is 20.0 Å². The van der Waals surface area contributed by atoms with Gasteiger partial charge >= 0.3 is 0 Å². The van der Waals surface area contributed by atoms with E-state index in [1.807, 2.05) is 0 Å². The first-order valence-corrected chi connectivity index (χ1v) is 13.1. The summed E-state index contributed by atoms with van der Waals surface area (Å²) in [4.78, 5) is 0.0584. The summed E-state index contributed by atoms with van der Waals surface area (Å²) in [5, 5.41) is 0.589. The summed E-state index contributed by atoms with van der Waals surface area (Å²) >= 11 is 11.9. The first kappa shape index (κ1) is 22.7. The molecule has 7 nitrogen and oxygen atoms in total. The molecule has 0 amide bonds. The van der Waals surface area contributed by atoms with Crippen molar-refractivity contribution in [3.05, 3.63) is 76.3 Å². The number of hydrogen-bond acceptors (Lipinski definition) is 5. The third-order valence-corrected chi connectivity index (χ3v) is 8.78. The molecule has 0 fully saturated rings. The topological polar surface area (TPSA) is 92.8 Å². The molecule has 1 N–H and O–H groups in total. The highest BCUT2D eigenvalue weighted by molar-refractivity contribution is 7.93. The van der Waals surface area contributed by atoms with Crippen molar-refractivity contribution in [2.75, 3.05) is 22.7 Å². The molecule has 11 heteroatoms. The van der Waals surface area contributed by atoms with Crippen molar-refractivity contribution in [1.29, 1.82) is 0 Å². The number of nitrogens with one attached hydrogen (secondary N) is 1. The first-order valence-electron chi connectivity index (χ1n) is 9.39. The second kappa shape index (κ2) is 8.47. The number of hydrogen-bond donors (Lipinski definition) is 1. The number of ether oxygens (including phenoxy) is 1. The summed E-state index contributed by atoms with van der Waals surface area (Å²) in [5.74, 6) is 0.353. The number of methoxy groups -OCH3 is 1. The van der Waals surface area contributed by atoms with Gasteiger partial charge in [0.25, 0.3) is 20.0 Å². The monoisotopic (exact) mass is 512 g/mol. The SMILES string of the molecule is COc1ccc(S(=O)(=O)Nc2ccc3c(c2)N(S(=O)(=O)c2ccc(Cl)cc2)CC3)cc1Cl. The Bertz CT molecular complexity index is 1390. The molecular formula is C21H18Cl2N2O5S2. The second-order valence-electron chi connectivity index (χ2n) is 7.03. The molecule has 0 bridgehead atoms. The van der Waals surface area contributed by atoms with Gasteiger partial charge in [-0.2, -0.15) is 0 Å². The van der Waals surface area contributed by atoms with Crippen LogP contribution in [-0.2, 0) is 26.5 Å².